The maximum absolute atomic E-state index is 5.43. The Morgan fingerprint density at radius 1 is 1.46 bits per heavy atom. The van der Waals surface area contributed by atoms with E-state index >= 15 is 0 Å². The second kappa shape index (κ2) is 8.84. The molecule has 130 valence electrons. The zero-order chi connectivity index (χ0) is 16.6. The van der Waals surface area contributed by atoms with Crippen LogP contribution in [0.1, 0.15) is 22.1 Å². The Bertz CT molecular complexity index is 633. The van der Waals surface area contributed by atoms with Crippen molar-refractivity contribution >= 4 is 17.3 Å². The molecule has 0 saturated carbocycles. The molecule has 0 amide bonds. The molecule has 3 rings (SSSR count). The normalized spacial score (nSPS) is 18.0. The lowest BCUT2D eigenvalue weighted by atomic mass is 10.1. The van der Waals surface area contributed by atoms with Crippen LogP contribution in [-0.2, 0) is 17.7 Å². The fourth-order valence-corrected chi connectivity index (χ4v) is 3.25. The van der Waals surface area contributed by atoms with Crippen molar-refractivity contribution in [1.82, 2.24) is 15.6 Å². The largest absolute Gasteiger partial charge is 0.469 e. The summed E-state index contributed by atoms with van der Waals surface area (Å²) >= 11 is 1.69. The average Bonchev–Trinajstić information content (AvgIpc) is 3.32. The van der Waals surface area contributed by atoms with Crippen LogP contribution in [0, 0.1) is 12.8 Å². The predicted octanol–water partition coefficient (Wildman–Crippen LogP) is 2.36. The van der Waals surface area contributed by atoms with Crippen molar-refractivity contribution in [1.29, 1.82) is 0 Å². The molecule has 24 heavy (non-hydrogen) atoms. The Morgan fingerprint density at radius 2 is 2.42 bits per heavy atom. The minimum Gasteiger partial charge on any atom is -0.469 e. The van der Waals surface area contributed by atoms with Crippen molar-refractivity contribution in [3.05, 3.63) is 40.2 Å². The van der Waals surface area contributed by atoms with Crippen LogP contribution >= 0.6 is 11.3 Å². The lowest BCUT2D eigenvalue weighted by Crippen LogP contribution is -2.40. The molecule has 2 N–H and O–H groups in total. The van der Waals surface area contributed by atoms with E-state index in [2.05, 4.69) is 27.5 Å². The summed E-state index contributed by atoms with van der Waals surface area (Å²) in [5.41, 5.74) is 0. The number of aliphatic imine (C=N–C) groups is 1. The van der Waals surface area contributed by atoms with Crippen LogP contribution in [-0.4, -0.2) is 37.2 Å². The Morgan fingerprint density at radius 3 is 3.12 bits per heavy atom. The minimum atomic E-state index is 0.559. The molecule has 0 bridgehead atoms. The van der Waals surface area contributed by atoms with Crippen molar-refractivity contribution in [3.8, 4) is 0 Å². The zero-order valence-corrected chi connectivity index (χ0v) is 14.8. The van der Waals surface area contributed by atoms with E-state index in [0.717, 1.165) is 55.9 Å². The highest BCUT2D eigenvalue weighted by Gasteiger charge is 2.15. The monoisotopic (exact) mass is 348 g/mol. The molecule has 0 spiro atoms. The van der Waals surface area contributed by atoms with Crippen molar-refractivity contribution in [2.24, 2.45) is 10.9 Å². The molecular formula is C17H24N4O2S. The number of aryl methyl sites for hydroxylation is 1. The number of ether oxygens (including phenoxy) is 1. The summed E-state index contributed by atoms with van der Waals surface area (Å²) in [4.78, 5) is 10.2. The first-order chi connectivity index (χ1) is 11.8. The molecule has 1 fully saturated rings. The van der Waals surface area contributed by atoms with Crippen LogP contribution in [0.15, 0.2) is 34.0 Å². The summed E-state index contributed by atoms with van der Waals surface area (Å²) in [6, 6.07) is 3.90. The second-order valence-electron chi connectivity index (χ2n) is 5.90. The lowest BCUT2D eigenvalue weighted by molar-refractivity contribution is 0.186. The third kappa shape index (κ3) is 5.35. The van der Waals surface area contributed by atoms with E-state index in [1.165, 1.54) is 4.88 Å². The molecule has 1 atom stereocenters. The summed E-state index contributed by atoms with van der Waals surface area (Å²) in [5, 5.41) is 7.83. The van der Waals surface area contributed by atoms with Gasteiger partial charge in [-0.15, -0.1) is 11.3 Å². The van der Waals surface area contributed by atoms with Gasteiger partial charge in [-0.2, -0.15) is 0 Å². The van der Waals surface area contributed by atoms with E-state index in [1.54, 1.807) is 17.6 Å². The van der Waals surface area contributed by atoms with Crippen LogP contribution in [0.2, 0.25) is 0 Å². The van der Waals surface area contributed by atoms with E-state index in [-0.39, 0.29) is 0 Å². The molecule has 3 heterocycles. The molecule has 7 heteroatoms. The van der Waals surface area contributed by atoms with Gasteiger partial charge in [-0.3, -0.25) is 0 Å². The van der Waals surface area contributed by atoms with Gasteiger partial charge in [0.25, 0.3) is 0 Å². The maximum atomic E-state index is 5.43. The quantitative estimate of drug-likeness (QED) is 0.594. The molecule has 1 aliphatic heterocycles. The second-order valence-corrected chi connectivity index (χ2v) is 7.22. The molecule has 2 aromatic rings. The summed E-state index contributed by atoms with van der Waals surface area (Å²) in [6.45, 7) is 6.00. The van der Waals surface area contributed by atoms with Crippen molar-refractivity contribution in [3.63, 3.8) is 0 Å². The highest BCUT2D eigenvalue weighted by molar-refractivity contribution is 7.11. The van der Waals surface area contributed by atoms with Gasteiger partial charge in [-0.25, -0.2) is 9.98 Å². The van der Waals surface area contributed by atoms with Crippen molar-refractivity contribution in [2.75, 3.05) is 26.3 Å². The number of furan rings is 1. The van der Waals surface area contributed by atoms with Gasteiger partial charge >= 0.3 is 0 Å². The number of guanidine groups is 1. The van der Waals surface area contributed by atoms with E-state index in [1.807, 2.05) is 18.3 Å². The van der Waals surface area contributed by atoms with Crippen LogP contribution in [0.5, 0.6) is 0 Å². The topological polar surface area (TPSA) is 71.7 Å². The molecular weight excluding hydrogens is 324 g/mol. The van der Waals surface area contributed by atoms with Crippen molar-refractivity contribution < 1.29 is 9.15 Å². The van der Waals surface area contributed by atoms with Gasteiger partial charge in [0.2, 0.25) is 0 Å². The number of nitrogens with one attached hydrogen (secondary N) is 2. The van der Waals surface area contributed by atoms with Gasteiger partial charge < -0.3 is 19.8 Å². The Kier molecular flexibility index (Phi) is 6.26. The minimum absolute atomic E-state index is 0.559. The number of rotatable bonds is 7. The van der Waals surface area contributed by atoms with Crippen molar-refractivity contribution in [2.45, 2.75) is 26.3 Å². The Labute approximate surface area is 146 Å². The first kappa shape index (κ1) is 17.0. The molecule has 0 radical (unpaired) electrons. The fourth-order valence-electron chi connectivity index (χ4n) is 2.54. The lowest BCUT2D eigenvalue weighted by Gasteiger charge is -2.14. The standard InChI is InChI=1S/C17H24N4O2S/c1-13-9-19-16(24-13)11-21-17(20-10-14-5-8-22-12-14)18-6-4-15-3-2-7-23-15/h2-3,7,9,14H,4-6,8,10-12H2,1H3,(H2,18,20,21). The summed E-state index contributed by atoms with van der Waals surface area (Å²) in [7, 11) is 0. The third-order valence-electron chi connectivity index (χ3n) is 3.87. The summed E-state index contributed by atoms with van der Waals surface area (Å²) in [5.74, 6) is 2.35. The van der Waals surface area contributed by atoms with Gasteiger partial charge in [0.15, 0.2) is 5.96 Å². The number of nitrogens with zero attached hydrogens (tertiary/aromatic N) is 2. The van der Waals surface area contributed by atoms with Gasteiger partial charge in [0, 0.05) is 43.1 Å². The van der Waals surface area contributed by atoms with E-state index in [9.17, 15) is 0 Å². The van der Waals surface area contributed by atoms with E-state index < -0.39 is 0 Å². The molecule has 6 nitrogen and oxygen atoms in total. The highest BCUT2D eigenvalue weighted by Crippen LogP contribution is 2.12. The number of hydrogen-bond donors (Lipinski definition) is 2. The fraction of sp³-hybridized carbons (Fsp3) is 0.529. The molecule has 0 aromatic carbocycles. The molecule has 2 aromatic heterocycles. The number of hydrogen-bond acceptors (Lipinski definition) is 5. The maximum Gasteiger partial charge on any atom is 0.191 e. The average molecular weight is 348 g/mol. The molecule has 1 aliphatic rings. The number of aromatic nitrogens is 1. The van der Waals surface area contributed by atoms with Crippen LogP contribution in [0.3, 0.4) is 0 Å². The van der Waals surface area contributed by atoms with Gasteiger partial charge in [0.1, 0.15) is 10.8 Å². The first-order valence-corrected chi connectivity index (χ1v) is 9.15. The first-order valence-electron chi connectivity index (χ1n) is 8.33. The Balaban J connectivity index is 1.51. The van der Waals surface area contributed by atoms with Crippen LogP contribution < -0.4 is 10.6 Å². The third-order valence-corrected chi connectivity index (χ3v) is 4.77. The van der Waals surface area contributed by atoms with Gasteiger partial charge in [-0.1, -0.05) is 0 Å². The van der Waals surface area contributed by atoms with E-state index in [0.29, 0.717) is 12.5 Å². The SMILES string of the molecule is Cc1cnc(CN=C(NCCc2ccco2)NCC2CCOC2)s1. The Hall–Kier alpha value is -1.86. The van der Waals surface area contributed by atoms with Crippen LogP contribution in [0.25, 0.3) is 0 Å². The summed E-state index contributed by atoms with van der Waals surface area (Å²) < 4.78 is 10.8. The van der Waals surface area contributed by atoms with Crippen LogP contribution in [0.4, 0.5) is 0 Å². The summed E-state index contributed by atoms with van der Waals surface area (Å²) in [6.07, 6.45) is 5.53. The van der Waals surface area contributed by atoms with E-state index in [4.69, 9.17) is 9.15 Å². The zero-order valence-electron chi connectivity index (χ0n) is 14.0. The number of thiazole rings is 1. The smallest absolute Gasteiger partial charge is 0.191 e. The van der Waals surface area contributed by atoms with Gasteiger partial charge in [-0.05, 0) is 25.5 Å². The van der Waals surface area contributed by atoms with Gasteiger partial charge in [0.05, 0.1) is 19.4 Å². The molecule has 0 aliphatic carbocycles. The molecule has 1 saturated heterocycles. The highest BCUT2D eigenvalue weighted by atomic mass is 32.1. The molecule has 1 unspecified atom stereocenters. The predicted molar refractivity (Wildman–Crippen MR) is 95.3 cm³/mol.